The predicted molar refractivity (Wildman–Crippen MR) is 69.0 cm³/mol. The number of hydrogen-bond acceptors (Lipinski definition) is 4. The van der Waals surface area contributed by atoms with Crippen LogP contribution in [0.4, 0.5) is 11.8 Å². The van der Waals surface area contributed by atoms with Crippen LogP contribution in [0.2, 0.25) is 0 Å². The van der Waals surface area contributed by atoms with Crippen molar-refractivity contribution in [2.45, 2.75) is 33.6 Å². The predicted octanol–water partition coefficient (Wildman–Crippen LogP) is 2.53. The lowest BCUT2D eigenvalue weighted by atomic mass is 10.3. The molecule has 4 nitrogen and oxygen atoms in total. The zero-order valence-corrected chi connectivity index (χ0v) is 10.5. The highest BCUT2D eigenvalue weighted by Crippen LogP contribution is 2.12. The minimum Gasteiger partial charge on any atom is -0.357 e. The number of anilines is 2. The average molecular weight is 222 g/mol. The van der Waals surface area contributed by atoms with Gasteiger partial charge < -0.3 is 10.2 Å². The van der Waals surface area contributed by atoms with Crippen molar-refractivity contribution >= 4 is 11.8 Å². The first-order valence-electron chi connectivity index (χ1n) is 6.13. The lowest BCUT2D eigenvalue weighted by molar-refractivity contribution is 0.723. The molecule has 0 unspecified atom stereocenters. The second kappa shape index (κ2) is 7.04. The van der Waals surface area contributed by atoms with E-state index in [0.29, 0.717) is 0 Å². The van der Waals surface area contributed by atoms with Crippen molar-refractivity contribution < 1.29 is 0 Å². The van der Waals surface area contributed by atoms with Crippen LogP contribution < -0.4 is 10.2 Å². The Hall–Kier alpha value is -1.32. The number of hydrogen-bond donors (Lipinski definition) is 1. The summed E-state index contributed by atoms with van der Waals surface area (Å²) < 4.78 is 0. The van der Waals surface area contributed by atoms with Gasteiger partial charge in [-0.1, -0.05) is 13.3 Å². The van der Waals surface area contributed by atoms with Gasteiger partial charge in [0.25, 0.3) is 0 Å². The fourth-order valence-corrected chi connectivity index (χ4v) is 1.55. The van der Waals surface area contributed by atoms with E-state index in [1.807, 2.05) is 19.2 Å². The Morgan fingerprint density at radius 1 is 1.31 bits per heavy atom. The number of aromatic nitrogens is 2. The molecule has 4 heteroatoms. The second-order valence-electron chi connectivity index (χ2n) is 3.70. The monoisotopic (exact) mass is 222 g/mol. The third-order valence-corrected chi connectivity index (χ3v) is 2.46. The molecule has 0 amide bonds. The van der Waals surface area contributed by atoms with Crippen LogP contribution in [0.5, 0.6) is 0 Å². The first-order valence-corrected chi connectivity index (χ1v) is 6.13. The zero-order chi connectivity index (χ0) is 11.8. The van der Waals surface area contributed by atoms with Gasteiger partial charge in [-0.15, -0.1) is 0 Å². The smallest absolute Gasteiger partial charge is 0.224 e. The summed E-state index contributed by atoms with van der Waals surface area (Å²) >= 11 is 0. The van der Waals surface area contributed by atoms with E-state index >= 15 is 0 Å². The topological polar surface area (TPSA) is 41.1 Å². The normalized spacial score (nSPS) is 10.2. The van der Waals surface area contributed by atoms with E-state index in [1.54, 1.807) is 0 Å². The van der Waals surface area contributed by atoms with Crippen LogP contribution in [-0.2, 0) is 0 Å². The molecule has 0 saturated heterocycles. The Labute approximate surface area is 98.1 Å². The van der Waals surface area contributed by atoms with Crippen molar-refractivity contribution in [1.29, 1.82) is 0 Å². The minimum atomic E-state index is 0.718. The first-order chi connectivity index (χ1) is 7.81. The van der Waals surface area contributed by atoms with E-state index in [9.17, 15) is 0 Å². The molecule has 0 aliphatic carbocycles. The summed E-state index contributed by atoms with van der Waals surface area (Å²) in [4.78, 5) is 11.0. The molecule has 0 aromatic carbocycles. The summed E-state index contributed by atoms with van der Waals surface area (Å²) in [5.74, 6) is 1.73. The van der Waals surface area contributed by atoms with Crippen LogP contribution in [-0.4, -0.2) is 29.6 Å². The van der Waals surface area contributed by atoms with Crippen molar-refractivity contribution in [2.75, 3.05) is 29.9 Å². The molecular formula is C12H22N4. The van der Waals surface area contributed by atoms with Crippen molar-refractivity contribution in [1.82, 2.24) is 9.97 Å². The molecule has 0 atom stereocenters. The summed E-state index contributed by atoms with van der Waals surface area (Å²) in [5.41, 5.74) is 0. The van der Waals surface area contributed by atoms with Crippen molar-refractivity contribution in [3.63, 3.8) is 0 Å². The molecule has 1 heterocycles. The van der Waals surface area contributed by atoms with Crippen molar-refractivity contribution in [2.24, 2.45) is 0 Å². The van der Waals surface area contributed by atoms with E-state index in [1.165, 1.54) is 12.8 Å². The van der Waals surface area contributed by atoms with E-state index in [-0.39, 0.29) is 0 Å². The quantitative estimate of drug-likeness (QED) is 0.769. The second-order valence-corrected chi connectivity index (χ2v) is 3.70. The van der Waals surface area contributed by atoms with Gasteiger partial charge in [0.1, 0.15) is 5.82 Å². The summed E-state index contributed by atoms with van der Waals surface area (Å²) in [7, 11) is 0. The maximum atomic E-state index is 4.49. The Bertz CT molecular complexity index is 301. The van der Waals surface area contributed by atoms with Gasteiger partial charge in [0.15, 0.2) is 0 Å². The molecule has 1 N–H and O–H groups in total. The number of nitrogens with one attached hydrogen (secondary N) is 1. The molecule has 90 valence electrons. The first kappa shape index (κ1) is 12.7. The third-order valence-electron chi connectivity index (χ3n) is 2.46. The van der Waals surface area contributed by atoms with Crippen molar-refractivity contribution in [3.8, 4) is 0 Å². The fourth-order valence-electron chi connectivity index (χ4n) is 1.55. The molecule has 1 rings (SSSR count). The van der Waals surface area contributed by atoms with Gasteiger partial charge in [-0.05, 0) is 26.3 Å². The maximum Gasteiger partial charge on any atom is 0.224 e. The Kier molecular flexibility index (Phi) is 5.61. The van der Waals surface area contributed by atoms with E-state index in [4.69, 9.17) is 0 Å². The summed E-state index contributed by atoms with van der Waals surface area (Å²) in [6.07, 6.45) is 4.23. The number of rotatable bonds is 7. The molecule has 0 radical (unpaired) electrons. The molecule has 0 spiro atoms. The third kappa shape index (κ3) is 3.68. The van der Waals surface area contributed by atoms with E-state index < -0.39 is 0 Å². The van der Waals surface area contributed by atoms with Gasteiger partial charge in [-0.25, -0.2) is 4.98 Å². The van der Waals surface area contributed by atoms with E-state index in [2.05, 4.69) is 34.0 Å². The molecule has 0 aliphatic heterocycles. The number of nitrogens with zero attached hydrogens (tertiary/aromatic N) is 3. The fraction of sp³-hybridized carbons (Fsp3) is 0.667. The van der Waals surface area contributed by atoms with Gasteiger partial charge in [-0.3, -0.25) is 0 Å². The molecular weight excluding hydrogens is 200 g/mol. The zero-order valence-electron chi connectivity index (χ0n) is 10.5. The Balaban J connectivity index is 2.71. The van der Waals surface area contributed by atoms with Gasteiger partial charge in [-0.2, -0.15) is 4.98 Å². The lowest BCUT2D eigenvalue weighted by Crippen LogP contribution is -2.25. The summed E-state index contributed by atoms with van der Waals surface area (Å²) in [5, 5.41) is 3.13. The molecule has 0 bridgehead atoms. The van der Waals surface area contributed by atoms with Gasteiger partial charge in [0, 0.05) is 25.8 Å². The maximum absolute atomic E-state index is 4.49. The molecule has 0 fully saturated rings. The SMILES string of the molecule is CCCCN(CC)c1ccnc(NCC)n1. The highest BCUT2D eigenvalue weighted by molar-refractivity contribution is 5.42. The molecule has 1 aromatic rings. The lowest BCUT2D eigenvalue weighted by Gasteiger charge is -2.21. The van der Waals surface area contributed by atoms with Crippen molar-refractivity contribution in [3.05, 3.63) is 12.3 Å². The molecule has 0 aliphatic rings. The molecule has 0 saturated carbocycles. The summed E-state index contributed by atoms with van der Waals surface area (Å²) in [6, 6.07) is 1.97. The van der Waals surface area contributed by atoms with Gasteiger partial charge in [0.05, 0.1) is 0 Å². The van der Waals surface area contributed by atoms with Crippen LogP contribution in [0.15, 0.2) is 12.3 Å². The minimum absolute atomic E-state index is 0.718. The standard InChI is InChI=1S/C12H22N4/c1-4-7-10-16(6-3)11-8-9-14-12(15-11)13-5-2/h8-9H,4-7,10H2,1-3H3,(H,13,14,15). The number of unbranched alkanes of at least 4 members (excludes halogenated alkanes) is 1. The summed E-state index contributed by atoms with van der Waals surface area (Å²) in [6.45, 7) is 9.32. The molecule has 16 heavy (non-hydrogen) atoms. The largest absolute Gasteiger partial charge is 0.357 e. The van der Waals surface area contributed by atoms with E-state index in [0.717, 1.165) is 31.4 Å². The van der Waals surface area contributed by atoms with Crippen LogP contribution in [0, 0.1) is 0 Å². The van der Waals surface area contributed by atoms with Crippen LogP contribution in [0.25, 0.3) is 0 Å². The highest BCUT2D eigenvalue weighted by Gasteiger charge is 2.05. The average Bonchev–Trinajstić information content (AvgIpc) is 2.31. The van der Waals surface area contributed by atoms with Crippen LogP contribution in [0.3, 0.4) is 0 Å². The molecule has 1 aromatic heterocycles. The van der Waals surface area contributed by atoms with Gasteiger partial charge in [0.2, 0.25) is 5.95 Å². The van der Waals surface area contributed by atoms with Crippen LogP contribution in [0.1, 0.15) is 33.6 Å². The van der Waals surface area contributed by atoms with Crippen LogP contribution >= 0.6 is 0 Å². The Morgan fingerprint density at radius 2 is 2.12 bits per heavy atom. The highest BCUT2D eigenvalue weighted by atomic mass is 15.2. The Morgan fingerprint density at radius 3 is 2.75 bits per heavy atom. The van der Waals surface area contributed by atoms with Gasteiger partial charge >= 0.3 is 0 Å².